The average molecular weight is 523 g/mol. The molecule has 0 saturated carbocycles. The van der Waals surface area contributed by atoms with E-state index in [9.17, 15) is 31.3 Å². The zero-order valence-corrected chi connectivity index (χ0v) is 20.3. The first-order valence-electron chi connectivity index (χ1n) is 11.0. The van der Waals surface area contributed by atoms with E-state index in [1.165, 1.54) is 31.2 Å². The van der Waals surface area contributed by atoms with Crippen LogP contribution in [0.2, 0.25) is 0 Å². The minimum atomic E-state index is -4.94. The Balaban J connectivity index is 2.30. The van der Waals surface area contributed by atoms with Gasteiger partial charge in [-0.1, -0.05) is 44.9 Å². The Morgan fingerprint density at radius 1 is 0.886 bits per heavy atom. The SMILES string of the molecule is CCCC(CCC)COC(=O)[C@H](C)N[P@](=O)(Oc1ccccc1)Oc1c(F)c(F)c(F)c(F)c1F. The molecule has 0 bridgehead atoms. The zero-order valence-electron chi connectivity index (χ0n) is 19.5. The highest BCUT2D eigenvalue weighted by molar-refractivity contribution is 7.52. The lowest BCUT2D eigenvalue weighted by atomic mass is 9.99. The standard InChI is InChI=1S/C23H27F5NO5P/c1-4-9-15(10-5-2)13-32-23(30)14(3)29-35(31,33-16-11-7-6-8-12-16)34-22-20(27)18(25)17(24)19(26)21(22)28/h6-8,11-12,14-15H,4-5,9-10,13H2,1-3H3,(H,29,31)/t14-,35-/m0/s1. The van der Waals surface area contributed by atoms with Crippen LogP contribution >= 0.6 is 7.75 Å². The second-order valence-corrected chi connectivity index (χ2v) is 9.43. The van der Waals surface area contributed by atoms with Crippen molar-refractivity contribution in [3.8, 4) is 11.5 Å². The third-order valence-electron chi connectivity index (χ3n) is 4.91. The molecule has 0 spiro atoms. The summed E-state index contributed by atoms with van der Waals surface area (Å²) in [7, 11) is -4.94. The molecule has 2 rings (SSSR count). The van der Waals surface area contributed by atoms with Crippen LogP contribution in [0.5, 0.6) is 11.5 Å². The number of ether oxygens (including phenoxy) is 1. The molecule has 0 saturated heterocycles. The first-order chi connectivity index (χ1) is 16.5. The summed E-state index contributed by atoms with van der Waals surface area (Å²) in [6, 6.07) is 5.74. The number of carbonyl (C=O) groups excluding carboxylic acids is 1. The zero-order chi connectivity index (χ0) is 26.2. The van der Waals surface area contributed by atoms with Crippen LogP contribution in [0.15, 0.2) is 30.3 Å². The molecule has 2 aromatic rings. The highest BCUT2D eigenvalue weighted by atomic mass is 31.2. The Bertz CT molecular complexity index is 1020. The second-order valence-electron chi connectivity index (χ2n) is 7.82. The van der Waals surface area contributed by atoms with Gasteiger partial charge in [0.15, 0.2) is 0 Å². The van der Waals surface area contributed by atoms with Crippen LogP contribution in [0.3, 0.4) is 0 Å². The van der Waals surface area contributed by atoms with Crippen molar-refractivity contribution in [1.29, 1.82) is 0 Å². The molecule has 1 N–H and O–H groups in total. The predicted molar refractivity (Wildman–Crippen MR) is 118 cm³/mol. The number of esters is 1. The van der Waals surface area contributed by atoms with E-state index in [-0.39, 0.29) is 18.3 Å². The highest BCUT2D eigenvalue weighted by Gasteiger charge is 2.38. The summed E-state index contributed by atoms with van der Waals surface area (Å²) in [5, 5.41) is 2.15. The second kappa shape index (κ2) is 12.9. The lowest BCUT2D eigenvalue weighted by molar-refractivity contribution is -0.146. The molecule has 35 heavy (non-hydrogen) atoms. The molecule has 0 aliphatic carbocycles. The van der Waals surface area contributed by atoms with Crippen molar-refractivity contribution in [3.63, 3.8) is 0 Å². The molecule has 194 valence electrons. The van der Waals surface area contributed by atoms with E-state index >= 15 is 0 Å². The number of carbonyl (C=O) groups is 1. The quantitative estimate of drug-likeness (QED) is 0.104. The molecule has 0 radical (unpaired) electrons. The molecule has 12 heteroatoms. The van der Waals surface area contributed by atoms with E-state index in [1.54, 1.807) is 6.07 Å². The monoisotopic (exact) mass is 523 g/mol. The van der Waals surface area contributed by atoms with Gasteiger partial charge in [0.25, 0.3) is 0 Å². The minimum Gasteiger partial charge on any atom is -0.464 e. The summed E-state index contributed by atoms with van der Waals surface area (Å²) in [6.45, 7) is 5.29. The average Bonchev–Trinajstić information content (AvgIpc) is 2.83. The fourth-order valence-electron chi connectivity index (χ4n) is 3.22. The first-order valence-corrected chi connectivity index (χ1v) is 12.6. The Labute approximate surface area is 200 Å². The van der Waals surface area contributed by atoms with Gasteiger partial charge in [-0.2, -0.15) is 13.9 Å². The molecule has 0 aliphatic heterocycles. The molecular formula is C23H27F5NO5P. The third kappa shape index (κ3) is 7.67. The van der Waals surface area contributed by atoms with E-state index < -0.39 is 54.6 Å². The van der Waals surface area contributed by atoms with Gasteiger partial charge in [-0.05, 0) is 37.8 Å². The fraction of sp³-hybridized carbons (Fsp3) is 0.435. The first kappa shape index (κ1) is 28.6. The van der Waals surface area contributed by atoms with Crippen LogP contribution in [0.1, 0.15) is 46.5 Å². The molecule has 0 amide bonds. The van der Waals surface area contributed by atoms with Crippen molar-refractivity contribution >= 4 is 13.7 Å². The number of benzene rings is 2. The van der Waals surface area contributed by atoms with Crippen LogP contribution in [-0.4, -0.2) is 18.6 Å². The van der Waals surface area contributed by atoms with Gasteiger partial charge >= 0.3 is 13.7 Å². The Hall–Kier alpha value is -2.65. The van der Waals surface area contributed by atoms with Crippen LogP contribution in [0, 0.1) is 35.0 Å². The number of para-hydroxylation sites is 1. The summed E-state index contributed by atoms with van der Waals surface area (Å²) in [5.74, 6) is -14.4. The molecule has 2 atom stereocenters. The van der Waals surface area contributed by atoms with Gasteiger partial charge < -0.3 is 13.8 Å². The molecule has 0 heterocycles. The van der Waals surface area contributed by atoms with Gasteiger partial charge in [-0.25, -0.2) is 17.7 Å². The Kier molecular flexibility index (Phi) is 10.5. The Morgan fingerprint density at radius 2 is 1.40 bits per heavy atom. The van der Waals surface area contributed by atoms with Crippen molar-refractivity contribution in [2.75, 3.05) is 6.61 Å². The number of halogens is 5. The van der Waals surface area contributed by atoms with Crippen LogP contribution < -0.4 is 14.1 Å². The van der Waals surface area contributed by atoms with Gasteiger partial charge in [0.1, 0.15) is 11.8 Å². The van der Waals surface area contributed by atoms with Crippen molar-refractivity contribution in [2.24, 2.45) is 5.92 Å². The maximum absolute atomic E-state index is 14.2. The van der Waals surface area contributed by atoms with E-state index in [0.29, 0.717) is 0 Å². The predicted octanol–water partition coefficient (Wildman–Crippen LogP) is 6.69. The van der Waals surface area contributed by atoms with Gasteiger partial charge in [0.2, 0.25) is 34.8 Å². The number of hydrogen-bond acceptors (Lipinski definition) is 5. The minimum absolute atomic E-state index is 0.0921. The lowest BCUT2D eigenvalue weighted by Gasteiger charge is -2.24. The van der Waals surface area contributed by atoms with Gasteiger partial charge in [-0.15, -0.1) is 0 Å². The van der Waals surface area contributed by atoms with E-state index in [2.05, 4.69) is 5.09 Å². The maximum atomic E-state index is 14.2. The third-order valence-corrected chi connectivity index (χ3v) is 6.49. The van der Waals surface area contributed by atoms with Gasteiger partial charge in [0.05, 0.1) is 6.61 Å². The number of hydrogen-bond donors (Lipinski definition) is 1. The molecular weight excluding hydrogens is 496 g/mol. The number of rotatable bonds is 13. The maximum Gasteiger partial charge on any atom is 0.513 e. The summed E-state index contributed by atoms with van der Waals surface area (Å²) in [5.41, 5.74) is 0. The largest absolute Gasteiger partial charge is 0.513 e. The summed E-state index contributed by atoms with van der Waals surface area (Å²) < 4.78 is 97.6. The summed E-state index contributed by atoms with van der Waals surface area (Å²) in [6.07, 6.45) is 3.40. The molecule has 0 aromatic heterocycles. The van der Waals surface area contributed by atoms with E-state index in [1.807, 2.05) is 13.8 Å². The molecule has 6 nitrogen and oxygen atoms in total. The smallest absolute Gasteiger partial charge is 0.464 e. The summed E-state index contributed by atoms with van der Waals surface area (Å²) >= 11 is 0. The molecule has 0 fully saturated rings. The Morgan fingerprint density at radius 3 is 1.91 bits per heavy atom. The van der Waals surface area contributed by atoms with Crippen molar-refractivity contribution in [3.05, 3.63) is 59.4 Å². The highest BCUT2D eigenvalue weighted by Crippen LogP contribution is 2.47. The van der Waals surface area contributed by atoms with E-state index in [4.69, 9.17) is 13.8 Å². The van der Waals surface area contributed by atoms with Crippen LogP contribution in [0.25, 0.3) is 0 Å². The topological polar surface area (TPSA) is 73.9 Å². The fourth-order valence-corrected chi connectivity index (χ4v) is 4.74. The normalized spacial score (nSPS) is 13.9. The van der Waals surface area contributed by atoms with Crippen molar-refractivity contribution in [2.45, 2.75) is 52.5 Å². The lowest BCUT2D eigenvalue weighted by Crippen LogP contribution is -2.36. The van der Waals surface area contributed by atoms with Crippen LogP contribution in [0.4, 0.5) is 22.0 Å². The molecule has 0 aliphatic rings. The van der Waals surface area contributed by atoms with Crippen LogP contribution in [-0.2, 0) is 14.1 Å². The molecule has 2 aromatic carbocycles. The van der Waals surface area contributed by atoms with E-state index in [0.717, 1.165) is 25.7 Å². The van der Waals surface area contributed by atoms with Crippen molar-refractivity contribution in [1.82, 2.24) is 5.09 Å². The van der Waals surface area contributed by atoms with Crippen molar-refractivity contribution < 1.29 is 45.1 Å². The van der Waals surface area contributed by atoms with Gasteiger partial charge in [-0.3, -0.25) is 4.79 Å². The summed E-state index contributed by atoms with van der Waals surface area (Å²) in [4.78, 5) is 12.5. The number of nitrogens with one attached hydrogen (secondary N) is 1. The van der Waals surface area contributed by atoms with Gasteiger partial charge in [0, 0.05) is 0 Å². The molecule has 0 unspecified atom stereocenters.